The molecular weight excluding hydrogens is 276 g/mol. The van der Waals surface area contributed by atoms with Crippen LogP contribution in [0.25, 0.3) is 0 Å². The van der Waals surface area contributed by atoms with Crippen molar-refractivity contribution in [3.63, 3.8) is 0 Å². The van der Waals surface area contributed by atoms with Crippen molar-refractivity contribution in [1.82, 2.24) is 5.32 Å². The van der Waals surface area contributed by atoms with Crippen molar-refractivity contribution >= 4 is 23.5 Å². The van der Waals surface area contributed by atoms with Gasteiger partial charge in [-0.1, -0.05) is 0 Å². The fourth-order valence-corrected chi connectivity index (χ4v) is 1.32. The van der Waals surface area contributed by atoms with E-state index in [1.54, 1.807) is 0 Å². The summed E-state index contributed by atoms with van der Waals surface area (Å²) in [6.45, 7) is 1.34. The van der Waals surface area contributed by atoms with Crippen LogP contribution in [0.1, 0.15) is 6.92 Å². The molecule has 0 heterocycles. The molecule has 0 saturated heterocycles. The number of guanidine groups is 1. The second-order valence-electron chi connectivity index (χ2n) is 3.72. The van der Waals surface area contributed by atoms with E-state index in [0.29, 0.717) is 11.4 Å². The number of ether oxygens (including phenoxy) is 2. The minimum Gasteiger partial charge on any atom is -0.495 e. The molecule has 8 heteroatoms. The van der Waals surface area contributed by atoms with Crippen LogP contribution in [-0.2, 0) is 9.59 Å². The van der Waals surface area contributed by atoms with Crippen LogP contribution in [0.4, 0.5) is 5.69 Å². The van der Waals surface area contributed by atoms with Crippen molar-refractivity contribution in [2.45, 2.75) is 6.92 Å². The number of amides is 1. The summed E-state index contributed by atoms with van der Waals surface area (Å²) in [5.41, 5.74) is 5.36. The lowest BCUT2D eigenvalue weighted by atomic mass is 10.2. The highest BCUT2D eigenvalue weighted by Gasteiger charge is 2.08. The van der Waals surface area contributed by atoms with Crippen LogP contribution < -0.4 is 25.8 Å². The van der Waals surface area contributed by atoms with E-state index in [1.165, 1.54) is 32.2 Å². The van der Waals surface area contributed by atoms with Gasteiger partial charge in [-0.25, -0.2) is 4.79 Å². The Morgan fingerprint density at radius 2 is 2.10 bits per heavy atom. The molecule has 0 fully saturated rings. The van der Waals surface area contributed by atoms with Crippen LogP contribution in [0.3, 0.4) is 0 Å². The van der Waals surface area contributed by atoms with E-state index < -0.39 is 5.97 Å². The highest BCUT2D eigenvalue weighted by molar-refractivity contribution is 5.92. The summed E-state index contributed by atoms with van der Waals surface area (Å²) in [6.07, 6.45) is 0. The van der Waals surface area contributed by atoms with Crippen molar-refractivity contribution in [3.05, 3.63) is 18.2 Å². The van der Waals surface area contributed by atoms with Gasteiger partial charge in [0.2, 0.25) is 5.91 Å². The molecule has 0 saturated carbocycles. The zero-order valence-corrected chi connectivity index (χ0v) is 11.4. The molecule has 1 amide bonds. The molecular formula is C13H14N4O4. The second kappa shape index (κ2) is 7.40. The number of anilines is 1. The molecule has 0 aliphatic rings. The Bertz CT molecular complexity index is 631. The maximum absolute atomic E-state index is 11.4. The van der Waals surface area contributed by atoms with Gasteiger partial charge in [-0.05, 0) is 12.1 Å². The summed E-state index contributed by atoms with van der Waals surface area (Å²) in [4.78, 5) is 22.5. The zero-order chi connectivity index (χ0) is 15.8. The molecule has 0 spiro atoms. The summed E-state index contributed by atoms with van der Waals surface area (Å²) in [7, 11) is 1.45. The third-order valence-corrected chi connectivity index (χ3v) is 2.05. The monoisotopic (exact) mass is 290 g/mol. The number of hydrogen-bond acceptors (Lipinski definition) is 5. The van der Waals surface area contributed by atoms with E-state index in [2.05, 4.69) is 22.6 Å². The van der Waals surface area contributed by atoms with Gasteiger partial charge in [-0.2, -0.15) is 0 Å². The zero-order valence-electron chi connectivity index (χ0n) is 11.4. The molecule has 0 unspecified atom stereocenters. The largest absolute Gasteiger partial charge is 0.495 e. The average Bonchev–Trinajstić information content (AvgIpc) is 2.37. The second-order valence-corrected chi connectivity index (χ2v) is 3.72. The van der Waals surface area contributed by atoms with Gasteiger partial charge in [0, 0.05) is 25.0 Å². The molecule has 0 aromatic heterocycles. The van der Waals surface area contributed by atoms with E-state index >= 15 is 0 Å². The van der Waals surface area contributed by atoms with Gasteiger partial charge in [0.05, 0.1) is 12.8 Å². The molecule has 5 N–H and O–H groups in total. The minimum absolute atomic E-state index is 0.182. The summed E-state index contributed by atoms with van der Waals surface area (Å²) >= 11 is 0. The van der Waals surface area contributed by atoms with Crippen LogP contribution in [0, 0.1) is 17.4 Å². The number of nitrogens with two attached hydrogens (primary N) is 1. The lowest BCUT2D eigenvalue weighted by Crippen LogP contribution is -2.26. The summed E-state index contributed by atoms with van der Waals surface area (Å²) < 4.78 is 10.0. The number of esters is 1. The molecule has 0 atom stereocenters. The van der Waals surface area contributed by atoms with Crippen molar-refractivity contribution in [2.24, 2.45) is 5.73 Å². The normalized spacial score (nSPS) is 8.86. The van der Waals surface area contributed by atoms with Crippen molar-refractivity contribution in [2.75, 3.05) is 12.4 Å². The first kappa shape index (κ1) is 15.8. The highest BCUT2D eigenvalue weighted by Crippen LogP contribution is 2.28. The molecule has 1 aromatic rings. The fourth-order valence-electron chi connectivity index (χ4n) is 1.32. The summed E-state index contributed by atoms with van der Waals surface area (Å²) in [5, 5.41) is 11.5. The van der Waals surface area contributed by atoms with Gasteiger partial charge in [0.15, 0.2) is 5.96 Å². The molecule has 8 nitrogen and oxygen atoms in total. The first-order valence-electron chi connectivity index (χ1n) is 5.71. The predicted octanol–water partition coefficient (Wildman–Crippen LogP) is 0.00297. The van der Waals surface area contributed by atoms with Gasteiger partial charge in [-0.3, -0.25) is 15.5 Å². The Morgan fingerprint density at radius 1 is 1.38 bits per heavy atom. The lowest BCUT2D eigenvalue weighted by Gasteiger charge is -2.10. The maximum atomic E-state index is 11.4. The highest BCUT2D eigenvalue weighted by atomic mass is 16.5. The number of rotatable bonds is 3. The van der Waals surface area contributed by atoms with Gasteiger partial charge in [0.25, 0.3) is 0 Å². The fraction of sp³-hybridized carbons (Fsp3) is 0.154. The first-order chi connectivity index (χ1) is 9.92. The van der Waals surface area contributed by atoms with E-state index in [0.717, 1.165) is 0 Å². The number of nitrogens with one attached hydrogen (secondary N) is 3. The van der Waals surface area contributed by atoms with Crippen molar-refractivity contribution in [3.8, 4) is 23.5 Å². The average molecular weight is 290 g/mol. The molecule has 21 heavy (non-hydrogen) atoms. The number of carbonyl (C=O) groups is 2. The lowest BCUT2D eigenvalue weighted by molar-refractivity contribution is -0.128. The smallest absolute Gasteiger partial charge is 0.391 e. The quantitative estimate of drug-likeness (QED) is 0.155. The topological polar surface area (TPSA) is 127 Å². The standard InChI is InChI=1S/C13H14N4O4/c1-8(18)17-10-7-9(3-4-11(10)20-2)21-12(19)5-6-16-13(14)15/h3-4,7H,1-2H3,(H,17,18)(H4,14,15,16). The van der Waals surface area contributed by atoms with Gasteiger partial charge in [-0.15, -0.1) is 0 Å². The van der Waals surface area contributed by atoms with E-state index in [4.69, 9.17) is 20.6 Å². The van der Waals surface area contributed by atoms with Crippen LogP contribution in [0.5, 0.6) is 11.5 Å². The Hall–Kier alpha value is -3.21. The maximum Gasteiger partial charge on any atom is 0.391 e. The molecule has 0 radical (unpaired) electrons. The van der Waals surface area contributed by atoms with Crippen LogP contribution in [-0.4, -0.2) is 24.9 Å². The molecule has 1 rings (SSSR count). The SMILES string of the molecule is COc1ccc(OC(=O)C#CNC(=N)N)cc1NC(C)=O. The van der Waals surface area contributed by atoms with Crippen molar-refractivity contribution < 1.29 is 19.1 Å². The van der Waals surface area contributed by atoms with E-state index in [9.17, 15) is 9.59 Å². The Balaban J connectivity index is 2.83. The Labute approximate surface area is 121 Å². The molecule has 0 aliphatic heterocycles. The molecule has 0 aliphatic carbocycles. The molecule has 1 aromatic carbocycles. The van der Waals surface area contributed by atoms with E-state index in [1.807, 2.05) is 0 Å². The van der Waals surface area contributed by atoms with E-state index in [-0.39, 0.29) is 17.6 Å². The van der Waals surface area contributed by atoms with Crippen molar-refractivity contribution in [1.29, 1.82) is 5.41 Å². The minimum atomic E-state index is -0.845. The summed E-state index contributed by atoms with van der Waals surface area (Å²) in [5.74, 6) is 1.18. The van der Waals surface area contributed by atoms with Crippen LogP contribution in [0.2, 0.25) is 0 Å². The van der Waals surface area contributed by atoms with Gasteiger partial charge < -0.3 is 20.5 Å². The van der Waals surface area contributed by atoms with Crippen LogP contribution >= 0.6 is 0 Å². The van der Waals surface area contributed by atoms with Crippen LogP contribution in [0.15, 0.2) is 18.2 Å². The first-order valence-corrected chi connectivity index (χ1v) is 5.71. The third kappa shape index (κ3) is 5.52. The number of hydrogen-bond donors (Lipinski definition) is 4. The molecule has 110 valence electrons. The number of carbonyl (C=O) groups excluding carboxylic acids is 2. The summed E-state index contributed by atoms with van der Waals surface area (Å²) in [6, 6.07) is 6.61. The molecule has 0 bridgehead atoms. The third-order valence-electron chi connectivity index (χ3n) is 2.05. The van der Waals surface area contributed by atoms with Gasteiger partial charge in [0.1, 0.15) is 11.5 Å². The Kier molecular flexibility index (Phi) is 5.58. The number of methoxy groups -OCH3 is 1. The Morgan fingerprint density at radius 3 is 2.67 bits per heavy atom. The van der Waals surface area contributed by atoms with Gasteiger partial charge >= 0.3 is 5.97 Å². The predicted molar refractivity (Wildman–Crippen MR) is 75.8 cm³/mol. The number of benzene rings is 1.